The maximum atomic E-state index is 12.8. The van der Waals surface area contributed by atoms with Crippen molar-refractivity contribution in [3.63, 3.8) is 0 Å². The van der Waals surface area contributed by atoms with Crippen LogP contribution in [0.25, 0.3) is 16.9 Å². The first kappa shape index (κ1) is 13.4. The van der Waals surface area contributed by atoms with Gasteiger partial charge in [0.25, 0.3) is 0 Å². The Morgan fingerprint density at radius 2 is 1.95 bits per heavy atom. The molecule has 0 fully saturated rings. The summed E-state index contributed by atoms with van der Waals surface area (Å²) >= 11 is 0. The number of halogens is 3. The van der Waals surface area contributed by atoms with Crippen molar-refractivity contribution in [1.29, 1.82) is 0 Å². The fraction of sp³-hybridized carbons (Fsp3) is 0.143. The van der Waals surface area contributed by atoms with Crippen LogP contribution in [0.4, 0.5) is 19.1 Å². The molecule has 0 spiro atoms. The predicted octanol–water partition coefficient (Wildman–Crippen LogP) is 3.33. The molecular weight excluding hydrogens is 281 g/mol. The highest BCUT2D eigenvalue weighted by Crippen LogP contribution is 2.31. The normalized spacial score (nSPS) is 12.0. The van der Waals surface area contributed by atoms with Crippen LogP contribution in [0.3, 0.4) is 0 Å². The molecule has 108 valence electrons. The number of nitrogens with two attached hydrogens (primary N) is 1. The quantitative estimate of drug-likeness (QED) is 0.748. The van der Waals surface area contributed by atoms with E-state index in [0.29, 0.717) is 11.2 Å². The van der Waals surface area contributed by atoms with Crippen molar-refractivity contribution in [3.8, 4) is 5.69 Å². The molecular formula is C14H11F3N4. The summed E-state index contributed by atoms with van der Waals surface area (Å²) in [5.74, 6) is 0.103. The van der Waals surface area contributed by atoms with E-state index in [1.165, 1.54) is 16.7 Å². The molecule has 2 aromatic heterocycles. The Hall–Kier alpha value is -2.57. The Morgan fingerprint density at radius 3 is 2.67 bits per heavy atom. The summed E-state index contributed by atoms with van der Waals surface area (Å²) in [4.78, 5) is 8.35. The lowest BCUT2D eigenvalue weighted by molar-refractivity contribution is -0.137. The van der Waals surface area contributed by atoms with Crippen molar-refractivity contribution < 1.29 is 13.2 Å². The van der Waals surface area contributed by atoms with E-state index in [-0.39, 0.29) is 11.6 Å². The van der Waals surface area contributed by atoms with Crippen LogP contribution >= 0.6 is 0 Å². The van der Waals surface area contributed by atoms with Crippen molar-refractivity contribution >= 4 is 17.1 Å². The maximum Gasteiger partial charge on any atom is 0.416 e. The van der Waals surface area contributed by atoms with Gasteiger partial charge in [0, 0.05) is 6.20 Å². The van der Waals surface area contributed by atoms with Crippen LogP contribution in [0.5, 0.6) is 0 Å². The number of nitrogen functional groups attached to an aromatic ring is 1. The third-order valence-electron chi connectivity index (χ3n) is 3.21. The molecule has 0 saturated carbocycles. The monoisotopic (exact) mass is 292 g/mol. The van der Waals surface area contributed by atoms with Gasteiger partial charge in [-0.3, -0.25) is 4.57 Å². The molecule has 0 unspecified atom stereocenters. The number of fused-ring (bicyclic) bond motifs is 1. The molecule has 7 heteroatoms. The second-order valence-corrected chi connectivity index (χ2v) is 4.65. The number of hydrogen-bond acceptors (Lipinski definition) is 3. The smallest absolute Gasteiger partial charge is 0.369 e. The minimum Gasteiger partial charge on any atom is -0.369 e. The lowest BCUT2D eigenvalue weighted by Gasteiger charge is -2.10. The van der Waals surface area contributed by atoms with Gasteiger partial charge in [0.05, 0.1) is 11.3 Å². The zero-order valence-electron chi connectivity index (χ0n) is 11.0. The van der Waals surface area contributed by atoms with E-state index < -0.39 is 11.7 Å². The van der Waals surface area contributed by atoms with E-state index in [9.17, 15) is 13.2 Å². The van der Waals surface area contributed by atoms with E-state index >= 15 is 0 Å². The van der Waals surface area contributed by atoms with Gasteiger partial charge in [-0.1, -0.05) is 6.07 Å². The van der Waals surface area contributed by atoms with Gasteiger partial charge < -0.3 is 5.73 Å². The summed E-state index contributed by atoms with van der Waals surface area (Å²) in [7, 11) is 0. The van der Waals surface area contributed by atoms with Gasteiger partial charge in [0.15, 0.2) is 5.65 Å². The van der Waals surface area contributed by atoms with Crippen LogP contribution in [0, 0.1) is 6.92 Å². The summed E-state index contributed by atoms with van der Waals surface area (Å²) < 4.78 is 39.9. The van der Waals surface area contributed by atoms with Gasteiger partial charge in [-0.05, 0) is 36.8 Å². The molecule has 3 rings (SSSR count). The summed E-state index contributed by atoms with van der Waals surface area (Å²) in [5, 5.41) is 0. The van der Waals surface area contributed by atoms with Crippen LogP contribution < -0.4 is 5.73 Å². The summed E-state index contributed by atoms with van der Waals surface area (Å²) in [5.41, 5.74) is 7.25. The number of aryl methyl sites for hydroxylation is 1. The fourth-order valence-corrected chi connectivity index (χ4v) is 2.19. The van der Waals surface area contributed by atoms with Crippen LogP contribution in [-0.4, -0.2) is 14.5 Å². The van der Waals surface area contributed by atoms with Gasteiger partial charge in [-0.25, -0.2) is 9.97 Å². The molecule has 3 aromatic rings. The highest BCUT2D eigenvalue weighted by Gasteiger charge is 2.30. The van der Waals surface area contributed by atoms with Gasteiger partial charge >= 0.3 is 6.18 Å². The van der Waals surface area contributed by atoms with Crippen molar-refractivity contribution in [1.82, 2.24) is 14.5 Å². The molecule has 1 aromatic carbocycles. The second-order valence-electron chi connectivity index (χ2n) is 4.65. The number of pyridine rings is 1. The van der Waals surface area contributed by atoms with Crippen LogP contribution in [-0.2, 0) is 6.18 Å². The fourth-order valence-electron chi connectivity index (χ4n) is 2.19. The third-order valence-corrected chi connectivity index (χ3v) is 3.21. The first-order valence-corrected chi connectivity index (χ1v) is 6.15. The van der Waals surface area contributed by atoms with E-state index in [0.717, 1.165) is 17.7 Å². The SMILES string of the molecule is Cc1ccnc2c1nc(N)n2-c1cccc(C(F)(F)F)c1. The number of alkyl halides is 3. The van der Waals surface area contributed by atoms with E-state index in [2.05, 4.69) is 9.97 Å². The average molecular weight is 292 g/mol. The average Bonchev–Trinajstić information content (AvgIpc) is 2.76. The predicted molar refractivity (Wildman–Crippen MR) is 73.0 cm³/mol. The molecule has 0 bridgehead atoms. The van der Waals surface area contributed by atoms with Crippen molar-refractivity contribution in [3.05, 3.63) is 47.7 Å². The largest absolute Gasteiger partial charge is 0.416 e. The topological polar surface area (TPSA) is 56.7 Å². The number of hydrogen-bond donors (Lipinski definition) is 1. The van der Waals surface area contributed by atoms with E-state index in [4.69, 9.17) is 5.73 Å². The van der Waals surface area contributed by atoms with Crippen molar-refractivity contribution in [2.45, 2.75) is 13.1 Å². The third kappa shape index (κ3) is 2.20. The molecule has 0 radical (unpaired) electrons. The molecule has 2 N–H and O–H groups in total. The Morgan fingerprint density at radius 1 is 1.19 bits per heavy atom. The highest BCUT2D eigenvalue weighted by molar-refractivity contribution is 5.79. The number of imidazole rings is 1. The van der Waals surface area contributed by atoms with Crippen LogP contribution in [0.2, 0.25) is 0 Å². The lowest BCUT2D eigenvalue weighted by Crippen LogP contribution is -2.07. The first-order valence-electron chi connectivity index (χ1n) is 6.15. The summed E-state index contributed by atoms with van der Waals surface area (Å²) in [6, 6.07) is 6.68. The number of aromatic nitrogens is 3. The Balaban J connectivity index is 2.26. The molecule has 4 nitrogen and oxygen atoms in total. The zero-order chi connectivity index (χ0) is 15.2. The maximum absolute atomic E-state index is 12.8. The van der Waals surface area contributed by atoms with Gasteiger partial charge in [0.1, 0.15) is 5.52 Å². The molecule has 0 saturated heterocycles. The van der Waals surface area contributed by atoms with Crippen LogP contribution in [0.15, 0.2) is 36.5 Å². The van der Waals surface area contributed by atoms with Gasteiger partial charge in [-0.2, -0.15) is 13.2 Å². The Bertz CT molecular complexity index is 821. The highest BCUT2D eigenvalue weighted by atomic mass is 19.4. The molecule has 0 amide bonds. The number of benzene rings is 1. The summed E-state index contributed by atoms with van der Waals surface area (Å²) in [6.45, 7) is 1.84. The van der Waals surface area contributed by atoms with E-state index in [1.54, 1.807) is 12.3 Å². The number of nitrogens with zero attached hydrogens (tertiary/aromatic N) is 3. The minimum absolute atomic E-state index is 0.103. The summed E-state index contributed by atoms with van der Waals surface area (Å²) in [6.07, 6.45) is -2.84. The Kier molecular flexibility index (Phi) is 2.86. The zero-order valence-corrected chi connectivity index (χ0v) is 11.0. The first-order chi connectivity index (χ1) is 9.88. The molecule has 0 aliphatic rings. The molecule has 0 aliphatic heterocycles. The molecule has 2 heterocycles. The van der Waals surface area contributed by atoms with Crippen LogP contribution in [0.1, 0.15) is 11.1 Å². The number of anilines is 1. The molecule has 21 heavy (non-hydrogen) atoms. The molecule has 0 aliphatic carbocycles. The van der Waals surface area contributed by atoms with E-state index in [1.807, 2.05) is 6.92 Å². The van der Waals surface area contributed by atoms with Gasteiger partial charge in [-0.15, -0.1) is 0 Å². The standard InChI is InChI=1S/C14H11F3N4/c1-8-5-6-19-12-11(8)20-13(18)21(12)10-4-2-3-9(7-10)14(15,16)17/h2-7H,1H3,(H2,18,20). The minimum atomic E-state index is -4.41. The molecule has 0 atom stereocenters. The van der Waals surface area contributed by atoms with Crippen molar-refractivity contribution in [2.24, 2.45) is 0 Å². The lowest BCUT2D eigenvalue weighted by atomic mass is 10.2. The van der Waals surface area contributed by atoms with Crippen molar-refractivity contribution in [2.75, 3.05) is 5.73 Å². The number of rotatable bonds is 1. The van der Waals surface area contributed by atoms with Gasteiger partial charge in [0.2, 0.25) is 5.95 Å². The second kappa shape index (κ2) is 4.47. The Labute approximate surface area is 118 Å².